The summed E-state index contributed by atoms with van der Waals surface area (Å²) in [6.45, 7) is 4.71. The standard InChI is InChI=1S/C17H20N2S/c1-2-4-16-15(3-1)13(11-18-16)5-8-19-9-6-17-14(12-19)7-10-20-17/h1-4,7,10,13,18H,5-6,8-9,11-12H2. The van der Waals surface area contributed by atoms with Crippen LogP contribution in [0.5, 0.6) is 0 Å². The molecule has 1 atom stereocenters. The molecule has 2 aromatic rings. The number of benzene rings is 1. The second-order valence-electron chi connectivity index (χ2n) is 5.85. The Morgan fingerprint density at radius 3 is 3.20 bits per heavy atom. The van der Waals surface area contributed by atoms with Crippen molar-refractivity contribution in [1.29, 1.82) is 0 Å². The SMILES string of the molecule is c1ccc2c(c1)NCC2CCN1CCc2sccc2C1. The maximum absolute atomic E-state index is 3.53. The molecule has 20 heavy (non-hydrogen) atoms. The van der Waals surface area contributed by atoms with Gasteiger partial charge in [-0.1, -0.05) is 18.2 Å². The maximum atomic E-state index is 3.53. The van der Waals surface area contributed by atoms with E-state index < -0.39 is 0 Å². The largest absolute Gasteiger partial charge is 0.384 e. The highest BCUT2D eigenvalue weighted by atomic mass is 32.1. The topological polar surface area (TPSA) is 15.3 Å². The highest BCUT2D eigenvalue weighted by Gasteiger charge is 2.23. The summed E-state index contributed by atoms with van der Waals surface area (Å²) in [6.07, 6.45) is 2.51. The van der Waals surface area contributed by atoms with E-state index in [0.29, 0.717) is 5.92 Å². The number of nitrogens with zero attached hydrogens (tertiary/aromatic N) is 1. The summed E-state index contributed by atoms with van der Waals surface area (Å²) in [6, 6.07) is 11.1. The molecule has 0 spiro atoms. The van der Waals surface area contributed by atoms with Crippen molar-refractivity contribution in [3.05, 3.63) is 51.7 Å². The van der Waals surface area contributed by atoms with E-state index in [-0.39, 0.29) is 0 Å². The Balaban J connectivity index is 1.38. The van der Waals surface area contributed by atoms with Crippen LogP contribution in [0.25, 0.3) is 0 Å². The Kier molecular flexibility index (Phi) is 3.25. The van der Waals surface area contributed by atoms with E-state index in [1.807, 2.05) is 11.3 Å². The third kappa shape index (κ3) is 2.25. The molecular formula is C17H20N2S. The minimum atomic E-state index is 0.690. The Bertz CT molecular complexity index is 605. The van der Waals surface area contributed by atoms with Gasteiger partial charge in [-0.3, -0.25) is 4.90 Å². The Labute approximate surface area is 124 Å². The first-order chi connectivity index (χ1) is 9.90. The number of anilines is 1. The van der Waals surface area contributed by atoms with Gasteiger partial charge in [0.15, 0.2) is 0 Å². The molecule has 0 radical (unpaired) electrons. The molecule has 1 aromatic heterocycles. The summed E-state index contributed by atoms with van der Waals surface area (Å²) < 4.78 is 0. The summed E-state index contributed by atoms with van der Waals surface area (Å²) in [7, 11) is 0. The summed E-state index contributed by atoms with van der Waals surface area (Å²) in [5.74, 6) is 0.690. The van der Waals surface area contributed by atoms with Gasteiger partial charge < -0.3 is 5.32 Å². The van der Waals surface area contributed by atoms with Gasteiger partial charge in [0.05, 0.1) is 0 Å². The van der Waals surface area contributed by atoms with Crippen LogP contribution in [0.2, 0.25) is 0 Å². The Hall–Kier alpha value is -1.32. The van der Waals surface area contributed by atoms with Crippen molar-refractivity contribution >= 4 is 17.0 Å². The monoisotopic (exact) mass is 284 g/mol. The molecular weight excluding hydrogens is 264 g/mol. The molecule has 0 saturated carbocycles. The van der Waals surface area contributed by atoms with Gasteiger partial charge in [-0.15, -0.1) is 11.3 Å². The van der Waals surface area contributed by atoms with Crippen molar-refractivity contribution in [2.75, 3.05) is 25.0 Å². The van der Waals surface area contributed by atoms with E-state index in [4.69, 9.17) is 0 Å². The van der Waals surface area contributed by atoms with Crippen molar-refractivity contribution in [1.82, 2.24) is 4.90 Å². The number of thiophene rings is 1. The molecule has 2 nitrogen and oxygen atoms in total. The number of fused-ring (bicyclic) bond motifs is 2. The zero-order chi connectivity index (χ0) is 13.4. The number of nitrogens with one attached hydrogen (secondary N) is 1. The van der Waals surface area contributed by atoms with Crippen molar-refractivity contribution < 1.29 is 0 Å². The fraction of sp³-hybridized carbons (Fsp3) is 0.412. The smallest absolute Gasteiger partial charge is 0.0376 e. The zero-order valence-corrected chi connectivity index (χ0v) is 12.5. The third-order valence-corrected chi connectivity index (χ3v) is 5.64. The van der Waals surface area contributed by atoms with Crippen LogP contribution in [0.4, 0.5) is 5.69 Å². The molecule has 0 aliphatic carbocycles. The fourth-order valence-electron chi connectivity index (χ4n) is 3.45. The number of rotatable bonds is 3. The van der Waals surface area contributed by atoms with Crippen LogP contribution < -0.4 is 5.32 Å². The van der Waals surface area contributed by atoms with Gasteiger partial charge in [-0.2, -0.15) is 0 Å². The van der Waals surface area contributed by atoms with E-state index in [1.165, 1.54) is 37.2 Å². The maximum Gasteiger partial charge on any atom is 0.0376 e. The van der Waals surface area contributed by atoms with Gasteiger partial charge in [0.25, 0.3) is 0 Å². The van der Waals surface area contributed by atoms with Gasteiger partial charge in [-0.05, 0) is 48.0 Å². The summed E-state index contributed by atoms with van der Waals surface area (Å²) >= 11 is 1.92. The quantitative estimate of drug-likeness (QED) is 0.924. The summed E-state index contributed by atoms with van der Waals surface area (Å²) in [4.78, 5) is 4.23. The fourth-order valence-corrected chi connectivity index (χ4v) is 4.34. The molecule has 3 heterocycles. The third-order valence-electron chi connectivity index (χ3n) is 4.62. The van der Waals surface area contributed by atoms with E-state index in [0.717, 1.165) is 13.1 Å². The van der Waals surface area contributed by atoms with E-state index in [2.05, 4.69) is 45.9 Å². The van der Waals surface area contributed by atoms with Crippen molar-refractivity contribution in [2.24, 2.45) is 0 Å². The molecule has 0 bridgehead atoms. The minimum absolute atomic E-state index is 0.690. The van der Waals surface area contributed by atoms with Crippen molar-refractivity contribution in [3.8, 4) is 0 Å². The lowest BCUT2D eigenvalue weighted by Gasteiger charge is -2.27. The minimum Gasteiger partial charge on any atom is -0.384 e. The lowest BCUT2D eigenvalue weighted by molar-refractivity contribution is 0.247. The first-order valence-corrected chi connectivity index (χ1v) is 8.38. The number of hydrogen-bond acceptors (Lipinski definition) is 3. The first-order valence-electron chi connectivity index (χ1n) is 7.50. The van der Waals surface area contributed by atoms with E-state index >= 15 is 0 Å². The second kappa shape index (κ2) is 5.23. The zero-order valence-electron chi connectivity index (χ0n) is 11.6. The molecule has 1 N–H and O–H groups in total. The lowest BCUT2D eigenvalue weighted by atomic mass is 9.97. The van der Waals surface area contributed by atoms with Crippen LogP contribution in [0, 0.1) is 0 Å². The number of hydrogen-bond donors (Lipinski definition) is 1. The van der Waals surface area contributed by atoms with Crippen molar-refractivity contribution in [2.45, 2.75) is 25.3 Å². The van der Waals surface area contributed by atoms with Gasteiger partial charge in [0.2, 0.25) is 0 Å². The van der Waals surface area contributed by atoms with E-state index in [1.54, 1.807) is 10.4 Å². The molecule has 2 aliphatic rings. The van der Waals surface area contributed by atoms with Gasteiger partial charge in [-0.25, -0.2) is 0 Å². The Morgan fingerprint density at radius 1 is 1.25 bits per heavy atom. The molecule has 2 aliphatic heterocycles. The molecule has 3 heteroatoms. The van der Waals surface area contributed by atoms with Crippen LogP contribution >= 0.6 is 11.3 Å². The van der Waals surface area contributed by atoms with Gasteiger partial charge in [0, 0.05) is 36.1 Å². The molecule has 1 aromatic carbocycles. The molecule has 104 valence electrons. The molecule has 4 rings (SSSR count). The normalized spacial score (nSPS) is 21.3. The van der Waals surface area contributed by atoms with Crippen molar-refractivity contribution in [3.63, 3.8) is 0 Å². The predicted molar refractivity (Wildman–Crippen MR) is 85.6 cm³/mol. The van der Waals surface area contributed by atoms with Crippen LogP contribution in [0.3, 0.4) is 0 Å². The van der Waals surface area contributed by atoms with Crippen LogP contribution in [0.15, 0.2) is 35.7 Å². The van der Waals surface area contributed by atoms with Crippen LogP contribution in [-0.4, -0.2) is 24.5 Å². The average molecular weight is 284 g/mol. The molecule has 0 saturated heterocycles. The summed E-state index contributed by atoms with van der Waals surface area (Å²) in [5, 5.41) is 5.77. The van der Waals surface area contributed by atoms with Crippen LogP contribution in [-0.2, 0) is 13.0 Å². The Morgan fingerprint density at radius 2 is 2.20 bits per heavy atom. The lowest BCUT2D eigenvalue weighted by Crippen LogP contribution is -2.31. The molecule has 0 fully saturated rings. The van der Waals surface area contributed by atoms with E-state index in [9.17, 15) is 0 Å². The van der Waals surface area contributed by atoms with Gasteiger partial charge >= 0.3 is 0 Å². The molecule has 1 unspecified atom stereocenters. The predicted octanol–water partition coefficient (Wildman–Crippen LogP) is 3.71. The average Bonchev–Trinajstić information content (AvgIpc) is 3.11. The highest BCUT2D eigenvalue weighted by molar-refractivity contribution is 7.10. The summed E-state index contributed by atoms with van der Waals surface area (Å²) in [5.41, 5.74) is 4.42. The van der Waals surface area contributed by atoms with Gasteiger partial charge in [0.1, 0.15) is 0 Å². The van der Waals surface area contributed by atoms with Crippen LogP contribution in [0.1, 0.15) is 28.3 Å². The highest BCUT2D eigenvalue weighted by Crippen LogP contribution is 2.33. The first kappa shape index (κ1) is 12.4. The molecule has 0 amide bonds. The number of para-hydroxylation sites is 1. The second-order valence-corrected chi connectivity index (χ2v) is 6.85.